The third-order valence-corrected chi connectivity index (χ3v) is 2.38. The van der Waals surface area contributed by atoms with Crippen molar-refractivity contribution in [1.82, 2.24) is 0 Å². The fourth-order valence-electron chi connectivity index (χ4n) is 0.730. The maximum atomic E-state index is 5.79. The molecule has 0 aromatic carbocycles. The van der Waals surface area contributed by atoms with Crippen LogP contribution in [0, 0.1) is 0 Å². The van der Waals surface area contributed by atoms with Crippen molar-refractivity contribution < 1.29 is 4.74 Å². The van der Waals surface area contributed by atoms with E-state index in [2.05, 4.69) is 13.2 Å². The quantitative estimate of drug-likeness (QED) is 0.348. The van der Waals surface area contributed by atoms with E-state index >= 15 is 0 Å². The van der Waals surface area contributed by atoms with Crippen LogP contribution >= 0.6 is 23.2 Å². The minimum Gasteiger partial charge on any atom is -0.381 e. The molecule has 0 heterocycles. The molecule has 0 amide bonds. The normalized spacial score (nSPS) is 14.9. The number of hydrogen-bond acceptors (Lipinski definition) is 1. The van der Waals surface area contributed by atoms with Gasteiger partial charge in [0.1, 0.15) is 0 Å². The Morgan fingerprint density at radius 2 is 1.38 bits per heavy atom. The van der Waals surface area contributed by atoms with Crippen LogP contribution in [-0.2, 0) is 4.74 Å². The van der Waals surface area contributed by atoms with Crippen molar-refractivity contribution in [2.75, 3.05) is 13.2 Å². The van der Waals surface area contributed by atoms with E-state index in [0.717, 1.165) is 12.8 Å². The maximum absolute atomic E-state index is 5.79. The standard InChI is InChI=1S/C10H16Cl2O/c1-3-9(11)5-7-13-8-6-10(12)4-2/h3-4,9-10H,1-2,5-8H2/t9-,10-/m0/s1. The first-order valence-corrected chi connectivity index (χ1v) is 5.19. The van der Waals surface area contributed by atoms with Gasteiger partial charge in [-0.05, 0) is 12.8 Å². The van der Waals surface area contributed by atoms with Crippen LogP contribution in [0.3, 0.4) is 0 Å². The Morgan fingerprint density at radius 1 is 1.00 bits per heavy atom. The fraction of sp³-hybridized carbons (Fsp3) is 0.600. The summed E-state index contributed by atoms with van der Waals surface area (Å²) >= 11 is 11.6. The number of halogens is 2. The maximum Gasteiger partial charge on any atom is 0.0535 e. The zero-order valence-electron chi connectivity index (χ0n) is 7.72. The third-order valence-electron chi connectivity index (χ3n) is 1.59. The molecule has 0 spiro atoms. The van der Waals surface area contributed by atoms with Crippen LogP contribution in [-0.4, -0.2) is 24.0 Å². The topological polar surface area (TPSA) is 9.23 Å². The second-order valence-electron chi connectivity index (χ2n) is 2.69. The van der Waals surface area contributed by atoms with Gasteiger partial charge in [0.2, 0.25) is 0 Å². The van der Waals surface area contributed by atoms with E-state index in [9.17, 15) is 0 Å². The average Bonchev–Trinajstić information content (AvgIpc) is 2.16. The molecule has 0 rings (SSSR count). The van der Waals surface area contributed by atoms with E-state index in [1.807, 2.05) is 0 Å². The summed E-state index contributed by atoms with van der Waals surface area (Å²) in [4.78, 5) is 0. The smallest absolute Gasteiger partial charge is 0.0535 e. The lowest BCUT2D eigenvalue weighted by atomic mass is 10.3. The molecule has 0 fully saturated rings. The zero-order valence-corrected chi connectivity index (χ0v) is 9.23. The van der Waals surface area contributed by atoms with Gasteiger partial charge in [0.25, 0.3) is 0 Å². The molecule has 0 aliphatic carbocycles. The number of alkyl halides is 2. The van der Waals surface area contributed by atoms with Gasteiger partial charge in [-0.1, -0.05) is 12.2 Å². The van der Waals surface area contributed by atoms with Crippen molar-refractivity contribution in [1.29, 1.82) is 0 Å². The summed E-state index contributed by atoms with van der Waals surface area (Å²) in [5.74, 6) is 0. The van der Waals surface area contributed by atoms with Crippen LogP contribution in [0.2, 0.25) is 0 Å². The predicted molar refractivity (Wildman–Crippen MR) is 59.7 cm³/mol. The molecule has 0 N–H and O–H groups in total. The molecule has 0 radical (unpaired) electrons. The average molecular weight is 223 g/mol. The van der Waals surface area contributed by atoms with Gasteiger partial charge in [-0.25, -0.2) is 0 Å². The second kappa shape index (κ2) is 8.61. The zero-order chi connectivity index (χ0) is 10.1. The summed E-state index contributed by atoms with van der Waals surface area (Å²) < 4.78 is 5.31. The SMILES string of the molecule is C=C[C@H](Cl)CCOCC[C@@H](Cl)C=C. The lowest BCUT2D eigenvalue weighted by Crippen LogP contribution is -2.05. The van der Waals surface area contributed by atoms with Gasteiger partial charge < -0.3 is 4.74 Å². The summed E-state index contributed by atoms with van der Waals surface area (Å²) in [5, 5.41) is 0.0115. The molecule has 0 saturated heterocycles. The largest absolute Gasteiger partial charge is 0.381 e. The highest BCUT2D eigenvalue weighted by molar-refractivity contribution is 6.21. The summed E-state index contributed by atoms with van der Waals surface area (Å²) in [6, 6.07) is 0. The first kappa shape index (κ1) is 13.0. The van der Waals surface area contributed by atoms with E-state index < -0.39 is 0 Å². The second-order valence-corrected chi connectivity index (χ2v) is 3.81. The van der Waals surface area contributed by atoms with Crippen molar-refractivity contribution in [3.63, 3.8) is 0 Å². The number of ether oxygens (including phenoxy) is 1. The lowest BCUT2D eigenvalue weighted by Gasteiger charge is -2.06. The molecule has 2 atom stereocenters. The lowest BCUT2D eigenvalue weighted by molar-refractivity contribution is 0.131. The van der Waals surface area contributed by atoms with Crippen LogP contribution in [0.1, 0.15) is 12.8 Å². The Kier molecular flexibility index (Phi) is 8.62. The van der Waals surface area contributed by atoms with E-state index in [1.54, 1.807) is 12.2 Å². The van der Waals surface area contributed by atoms with Gasteiger partial charge in [0.15, 0.2) is 0 Å². The number of rotatable bonds is 8. The van der Waals surface area contributed by atoms with Gasteiger partial charge in [0.05, 0.1) is 10.8 Å². The van der Waals surface area contributed by atoms with Gasteiger partial charge in [-0.2, -0.15) is 0 Å². The Bertz CT molecular complexity index is 132. The van der Waals surface area contributed by atoms with Crippen LogP contribution < -0.4 is 0 Å². The van der Waals surface area contributed by atoms with E-state index in [1.165, 1.54) is 0 Å². The first-order chi connectivity index (χ1) is 6.20. The molecule has 0 aromatic rings. The highest BCUT2D eigenvalue weighted by atomic mass is 35.5. The van der Waals surface area contributed by atoms with Gasteiger partial charge >= 0.3 is 0 Å². The predicted octanol–water partition coefficient (Wildman–Crippen LogP) is 3.37. The van der Waals surface area contributed by atoms with Crippen LogP contribution in [0.5, 0.6) is 0 Å². The molecule has 0 aliphatic rings. The molecule has 0 saturated carbocycles. The minimum atomic E-state index is 0.00574. The van der Waals surface area contributed by atoms with Crippen molar-refractivity contribution in [2.45, 2.75) is 23.6 Å². The molecule has 0 aliphatic heterocycles. The first-order valence-electron chi connectivity index (χ1n) is 4.31. The molecule has 3 heteroatoms. The van der Waals surface area contributed by atoms with Crippen molar-refractivity contribution >= 4 is 23.2 Å². The molecular weight excluding hydrogens is 207 g/mol. The van der Waals surface area contributed by atoms with Crippen molar-refractivity contribution in [3.8, 4) is 0 Å². The van der Waals surface area contributed by atoms with Gasteiger partial charge in [0, 0.05) is 13.2 Å². The minimum absolute atomic E-state index is 0.00574. The molecule has 0 unspecified atom stereocenters. The van der Waals surface area contributed by atoms with Crippen molar-refractivity contribution in [2.24, 2.45) is 0 Å². The summed E-state index contributed by atoms with van der Waals surface area (Å²) in [6.45, 7) is 8.47. The summed E-state index contributed by atoms with van der Waals surface area (Å²) in [5.41, 5.74) is 0. The third kappa shape index (κ3) is 8.35. The highest BCUT2D eigenvalue weighted by Gasteiger charge is 2.00. The van der Waals surface area contributed by atoms with Crippen LogP contribution in [0.15, 0.2) is 25.3 Å². The summed E-state index contributed by atoms with van der Waals surface area (Å²) in [7, 11) is 0. The van der Waals surface area contributed by atoms with Gasteiger partial charge in [-0.3, -0.25) is 0 Å². The fourth-order valence-corrected chi connectivity index (χ4v) is 0.908. The molecular formula is C10H16Cl2O. The van der Waals surface area contributed by atoms with Gasteiger partial charge in [-0.15, -0.1) is 36.4 Å². The molecule has 1 nitrogen and oxygen atoms in total. The van der Waals surface area contributed by atoms with E-state index in [-0.39, 0.29) is 10.8 Å². The summed E-state index contributed by atoms with van der Waals surface area (Å²) in [6.07, 6.45) is 5.01. The van der Waals surface area contributed by atoms with E-state index in [0.29, 0.717) is 13.2 Å². The Hall–Kier alpha value is 0.0200. The van der Waals surface area contributed by atoms with Crippen molar-refractivity contribution in [3.05, 3.63) is 25.3 Å². The molecule has 76 valence electrons. The molecule has 13 heavy (non-hydrogen) atoms. The monoisotopic (exact) mass is 222 g/mol. The van der Waals surface area contributed by atoms with Crippen LogP contribution in [0.25, 0.3) is 0 Å². The number of hydrogen-bond donors (Lipinski definition) is 0. The molecule has 0 aromatic heterocycles. The Morgan fingerprint density at radius 3 is 1.69 bits per heavy atom. The molecule has 0 bridgehead atoms. The van der Waals surface area contributed by atoms with E-state index in [4.69, 9.17) is 27.9 Å². The highest BCUT2D eigenvalue weighted by Crippen LogP contribution is 2.05. The number of allylic oxidation sites excluding steroid dienone is 2. The Labute approximate surface area is 90.4 Å². The Balaban J connectivity index is 3.16. The van der Waals surface area contributed by atoms with Crippen LogP contribution in [0.4, 0.5) is 0 Å².